The first-order chi connectivity index (χ1) is 18.5. The molecule has 1 saturated carbocycles. The van der Waals surface area contributed by atoms with Crippen LogP contribution in [-0.4, -0.2) is 34.6 Å². The van der Waals surface area contributed by atoms with Crippen LogP contribution in [0.15, 0.2) is 83.3 Å². The molecule has 3 aromatic carbocycles. The average molecular weight is 598 g/mol. The van der Waals surface area contributed by atoms with Gasteiger partial charge in [0.25, 0.3) is 0 Å². The number of rotatable bonds is 11. The summed E-state index contributed by atoms with van der Waals surface area (Å²) in [5.74, 6) is 0.379. The van der Waals surface area contributed by atoms with Crippen LogP contribution in [0.1, 0.15) is 48.8 Å². The van der Waals surface area contributed by atoms with Crippen molar-refractivity contribution in [2.75, 3.05) is 5.75 Å². The topological polar surface area (TPSA) is 49.4 Å². The quantitative estimate of drug-likeness (QED) is 0.261. The molecule has 1 aliphatic rings. The minimum atomic E-state index is -0.623. The van der Waals surface area contributed by atoms with Gasteiger partial charge in [0.2, 0.25) is 11.8 Å². The van der Waals surface area contributed by atoms with E-state index in [1.807, 2.05) is 54.6 Å². The Morgan fingerprint density at radius 3 is 2.24 bits per heavy atom. The number of amides is 2. The highest BCUT2D eigenvalue weighted by molar-refractivity contribution is 9.10. The second-order valence-corrected chi connectivity index (χ2v) is 11.7. The van der Waals surface area contributed by atoms with Gasteiger partial charge in [-0.25, -0.2) is 4.39 Å². The Hall–Kier alpha value is -2.64. The summed E-state index contributed by atoms with van der Waals surface area (Å²) >= 11 is 4.96. The van der Waals surface area contributed by atoms with E-state index in [0.717, 1.165) is 46.8 Å². The molecule has 38 heavy (non-hydrogen) atoms. The molecule has 0 spiro atoms. The summed E-state index contributed by atoms with van der Waals surface area (Å²) in [5.41, 5.74) is 2.94. The maximum atomic E-state index is 13.8. The third-order valence-corrected chi connectivity index (χ3v) is 8.41. The first-order valence-corrected chi connectivity index (χ1v) is 15.1. The van der Waals surface area contributed by atoms with Crippen LogP contribution in [-0.2, 0) is 28.3 Å². The second-order valence-electron chi connectivity index (χ2n) is 9.82. The third kappa shape index (κ3) is 8.70. The van der Waals surface area contributed by atoms with E-state index in [4.69, 9.17) is 0 Å². The highest BCUT2D eigenvalue weighted by atomic mass is 79.9. The van der Waals surface area contributed by atoms with Gasteiger partial charge >= 0.3 is 0 Å². The predicted octanol–water partition coefficient (Wildman–Crippen LogP) is 6.91. The van der Waals surface area contributed by atoms with Gasteiger partial charge in [-0.15, -0.1) is 11.8 Å². The van der Waals surface area contributed by atoms with Crippen LogP contribution < -0.4 is 5.32 Å². The van der Waals surface area contributed by atoms with Crippen LogP contribution in [0.5, 0.6) is 0 Å². The molecule has 200 valence electrons. The summed E-state index contributed by atoms with van der Waals surface area (Å²) in [6.45, 7) is 0.346. The fourth-order valence-electron chi connectivity index (χ4n) is 4.80. The maximum Gasteiger partial charge on any atom is 0.243 e. The van der Waals surface area contributed by atoms with Gasteiger partial charge in [-0.1, -0.05) is 89.8 Å². The monoisotopic (exact) mass is 596 g/mol. The number of thioether (sulfide) groups is 1. The molecule has 0 heterocycles. The Labute approximate surface area is 237 Å². The van der Waals surface area contributed by atoms with Crippen LogP contribution in [0, 0.1) is 5.82 Å². The first kappa shape index (κ1) is 28.4. The van der Waals surface area contributed by atoms with Crippen molar-refractivity contribution in [3.63, 3.8) is 0 Å². The lowest BCUT2D eigenvalue weighted by molar-refractivity contribution is -0.139. The van der Waals surface area contributed by atoms with Crippen molar-refractivity contribution in [2.24, 2.45) is 0 Å². The molecule has 0 radical (unpaired) electrons. The summed E-state index contributed by atoms with van der Waals surface area (Å²) in [6.07, 6.45) is 5.87. The Balaban J connectivity index is 1.55. The molecule has 0 saturated heterocycles. The standard InChI is InChI=1S/C31H34BrFN2O2S/c32-26-15-11-24(12-16-26)20-35(30(36)22-38-21-25-13-17-27(33)18-14-25)29(19-23-7-3-1-4-8-23)31(37)34-28-9-5-2-6-10-28/h1,3-4,7-8,11-18,28-29H,2,5-6,9-10,19-22H2,(H,34,37)/t29-/m1/s1. The van der Waals surface area contributed by atoms with Crippen molar-refractivity contribution in [3.8, 4) is 0 Å². The van der Waals surface area contributed by atoms with Gasteiger partial charge in [-0.3, -0.25) is 9.59 Å². The van der Waals surface area contributed by atoms with E-state index in [9.17, 15) is 14.0 Å². The second kappa shape index (κ2) is 14.5. The molecule has 0 unspecified atom stereocenters. The van der Waals surface area contributed by atoms with E-state index < -0.39 is 6.04 Å². The van der Waals surface area contributed by atoms with Crippen molar-refractivity contribution >= 4 is 39.5 Å². The van der Waals surface area contributed by atoms with E-state index in [1.165, 1.54) is 30.3 Å². The van der Waals surface area contributed by atoms with Gasteiger partial charge in [0, 0.05) is 29.2 Å². The number of hydrogen-bond acceptors (Lipinski definition) is 3. The minimum absolute atomic E-state index is 0.0836. The largest absolute Gasteiger partial charge is 0.352 e. The van der Waals surface area contributed by atoms with Crippen molar-refractivity contribution in [1.29, 1.82) is 0 Å². The lowest BCUT2D eigenvalue weighted by Crippen LogP contribution is -2.53. The molecule has 1 fully saturated rings. The summed E-state index contributed by atoms with van der Waals surface area (Å²) in [6, 6.07) is 23.6. The summed E-state index contributed by atoms with van der Waals surface area (Å²) in [4.78, 5) is 29.3. The Bertz CT molecular complexity index is 1170. The fourth-order valence-corrected chi connectivity index (χ4v) is 5.94. The van der Waals surface area contributed by atoms with Crippen LogP contribution in [0.3, 0.4) is 0 Å². The molecule has 3 aromatic rings. The van der Waals surface area contributed by atoms with E-state index in [-0.39, 0.29) is 29.4 Å². The molecular weight excluding hydrogens is 563 g/mol. The molecular formula is C31H34BrFN2O2S. The molecule has 0 aliphatic heterocycles. The van der Waals surface area contributed by atoms with Gasteiger partial charge in [0.15, 0.2) is 0 Å². The highest BCUT2D eigenvalue weighted by Gasteiger charge is 2.31. The van der Waals surface area contributed by atoms with Gasteiger partial charge in [-0.05, 0) is 53.8 Å². The van der Waals surface area contributed by atoms with Crippen LogP contribution in [0.4, 0.5) is 4.39 Å². The van der Waals surface area contributed by atoms with Gasteiger partial charge in [0.1, 0.15) is 11.9 Å². The number of halogens is 2. The number of nitrogens with zero attached hydrogens (tertiary/aromatic N) is 1. The molecule has 2 amide bonds. The smallest absolute Gasteiger partial charge is 0.243 e. The van der Waals surface area contributed by atoms with Crippen LogP contribution >= 0.6 is 27.7 Å². The zero-order valence-electron chi connectivity index (χ0n) is 21.5. The molecule has 1 N–H and O–H groups in total. The zero-order chi connectivity index (χ0) is 26.7. The zero-order valence-corrected chi connectivity index (χ0v) is 23.9. The van der Waals surface area contributed by atoms with E-state index >= 15 is 0 Å². The summed E-state index contributed by atoms with van der Waals surface area (Å²) in [7, 11) is 0. The van der Waals surface area contributed by atoms with Gasteiger partial charge in [0.05, 0.1) is 5.75 Å². The molecule has 7 heteroatoms. The minimum Gasteiger partial charge on any atom is -0.352 e. The molecule has 4 nitrogen and oxygen atoms in total. The van der Waals surface area contributed by atoms with E-state index in [2.05, 4.69) is 21.2 Å². The SMILES string of the molecule is O=C(NC1CCCCC1)[C@@H](Cc1ccccc1)N(Cc1ccc(Br)cc1)C(=O)CSCc1ccc(F)cc1. The van der Waals surface area contributed by atoms with E-state index in [1.54, 1.807) is 17.0 Å². The predicted molar refractivity (Wildman–Crippen MR) is 156 cm³/mol. The third-order valence-electron chi connectivity index (χ3n) is 6.90. The molecule has 4 rings (SSSR count). The normalized spacial score (nSPS) is 14.6. The summed E-state index contributed by atoms with van der Waals surface area (Å²) < 4.78 is 14.2. The first-order valence-electron chi connectivity index (χ1n) is 13.2. The van der Waals surface area contributed by atoms with Crippen molar-refractivity contribution < 1.29 is 14.0 Å². The Morgan fingerprint density at radius 2 is 1.55 bits per heavy atom. The molecule has 0 bridgehead atoms. The molecule has 1 aliphatic carbocycles. The number of nitrogens with one attached hydrogen (secondary N) is 1. The maximum absolute atomic E-state index is 13.8. The number of benzene rings is 3. The van der Waals surface area contributed by atoms with Crippen molar-refractivity contribution in [2.45, 2.75) is 62.9 Å². The van der Waals surface area contributed by atoms with Crippen molar-refractivity contribution in [1.82, 2.24) is 10.2 Å². The lowest BCUT2D eigenvalue weighted by Gasteiger charge is -2.33. The van der Waals surface area contributed by atoms with Crippen LogP contribution in [0.2, 0.25) is 0 Å². The van der Waals surface area contributed by atoms with Gasteiger partial charge in [-0.2, -0.15) is 0 Å². The summed E-state index contributed by atoms with van der Waals surface area (Å²) in [5, 5.41) is 3.27. The fraction of sp³-hybridized carbons (Fsp3) is 0.355. The van der Waals surface area contributed by atoms with Crippen molar-refractivity contribution in [3.05, 3.63) is 106 Å². The number of carbonyl (C=O) groups is 2. The Morgan fingerprint density at radius 1 is 0.895 bits per heavy atom. The lowest BCUT2D eigenvalue weighted by atomic mass is 9.94. The Kier molecular flexibility index (Phi) is 10.8. The number of hydrogen-bond donors (Lipinski definition) is 1. The molecule has 1 atom stereocenters. The average Bonchev–Trinajstić information content (AvgIpc) is 2.94. The molecule has 0 aromatic heterocycles. The highest BCUT2D eigenvalue weighted by Crippen LogP contribution is 2.22. The van der Waals surface area contributed by atoms with E-state index in [0.29, 0.717) is 18.7 Å². The van der Waals surface area contributed by atoms with Gasteiger partial charge < -0.3 is 10.2 Å². The van der Waals surface area contributed by atoms with Crippen LogP contribution in [0.25, 0.3) is 0 Å². The number of carbonyl (C=O) groups excluding carboxylic acids is 2.